The lowest BCUT2D eigenvalue weighted by Gasteiger charge is -2.15. The molecule has 0 bridgehead atoms. The molecule has 0 saturated heterocycles. The molecule has 0 saturated carbocycles. The van der Waals surface area contributed by atoms with Gasteiger partial charge in [-0.3, -0.25) is 4.79 Å². The number of hydrogen-bond donors (Lipinski definition) is 2. The lowest BCUT2D eigenvalue weighted by Crippen LogP contribution is -2.42. The van der Waals surface area contributed by atoms with E-state index in [9.17, 15) is 9.59 Å². The van der Waals surface area contributed by atoms with Gasteiger partial charge in [0.25, 0.3) is 5.91 Å². The molecule has 1 amide bonds. The van der Waals surface area contributed by atoms with E-state index in [1.807, 2.05) is 43.5 Å². The highest BCUT2D eigenvalue weighted by Gasteiger charge is 2.24. The maximum atomic E-state index is 12.6. The number of benzene rings is 1. The van der Waals surface area contributed by atoms with Gasteiger partial charge < -0.3 is 15.0 Å². The number of para-hydroxylation sites is 1. The Labute approximate surface area is 156 Å². The smallest absolute Gasteiger partial charge is 0.328 e. The van der Waals surface area contributed by atoms with Crippen LogP contribution in [-0.4, -0.2) is 30.0 Å². The van der Waals surface area contributed by atoms with E-state index in [0.29, 0.717) is 11.3 Å². The van der Waals surface area contributed by atoms with E-state index < -0.39 is 12.0 Å². The van der Waals surface area contributed by atoms with E-state index >= 15 is 0 Å². The van der Waals surface area contributed by atoms with Gasteiger partial charge in [0, 0.05) is 28.4 Å². The van der Waals surface area contributed by atoms with E-state index in [2.05, 4.69) is 17.2 Å². The van der Waals surface area contributed by atoms with Crippen molar-refractivity contribution in [1.29, 1.82) is 0 Å². The van der Waals surface area contributed by atoms with Crippen LogP contribution in [0, 0.1) is 6.92 Å². The van der Waals surface area contributed by atoms with Crippen LogP contribution in [0.5, 0.6) is 0 Å². The van der Waals surface area contributed by atoms with Crippen molar-refractivity contribution in [3.63, 3.8) is 0 Å². The number of carbonyl (C=O) groups is 2. The fraction of sp³-hybridized carbons (Fsp3) is 0.300. The maximum Gasteiger partial charge on any atom is 0.328 e. The summed E-state index contributed by atoms with van der Waals surface area (Å²) in [6, 6.07) is 9.01. The normalized spacial score (nSPS) is 12.1. The van der Waals surface area contributed by atoms with Crippen LogP contribution >= 0.6 is 11.3 Å². The standard InChI is InChI=1S/C20H22N2O3S/c1-4-17-12(2)9-18(26-17)19(23)22-16(20(24)25-3)10-13-11-21-15-8-6-5-7-14(13)15/h5-9,11,16,21H,4,10H2,1-3H3,(H,22,23)/t16-/m1/s1. The van der Waals surface area contributed by atoms with Gasteiger partial charge >= 0.3 is 5.97 Å². The van der Waals surface area contributed by atoms with Crippen LogP contribution in [-0.2, 0) is 22.4 Å². The molecule has 2 heterocycles. The Bertz CT molecular complexity index is 942. The number of thiophene rings is 1. The molecule has 5 nitrogen and oxygen atoms in total. The van der Waals surface area contributed by atoms with Crippen LogP contribution in [0.15, 0.2) is 36.5 Å². The molecule has 2 aromatic heterocycles. The molecule has 0 fully saturated rings. The molecule has 0 aliphatic rings. The predicted molar refractivity (Wildman–Crippen MR) is 104 cm³/mol. The van der Waals surface area contributed by atoms with Gasteiger partial charge in [-0.15, -0.1) is 11.3 Å². The number of carbonyl (C=O) groups excluding carboxylic acids is 2. The molecule has 136 valence electrons. The molecule has 0 aliphatic carbocycles. The predicted octanol–water partition coefficient (Wildman–Crippen LogP) is 3.61. The van der Waals surface area contributed by atoms with Gasteiger partial charge in [0.05, 0.1) is 12.0 Å². The number of nitrogens with one attached hydrogen (secondary N) is 2. The fourth-order valence-electron chi connectivity index (χ4n) is 3.07. The van der Waals surface area contributed by atoms with Crippen molar-refractivity contribution in [1.82, 2.24) is 10.3 Å². The number of hydrogen-bond acceptors (Lipinski definition) is 4. The Morgan fingerprint density at radius 3 is 2.77 bits per heavy atom. The van der Waals surface area contributed by atoms with Crippen molar-refractivity contribution in [2.45, 2.75) is 32.7 Å². The van der Waals surface area contributed by atoms with Gasteiger partial charge in [0.2, 0.25) is 0 Å². The average molecular weight is 370 g/mol. The number of ether oxygens (including phenoxy) is 1. The van der Waals surface area contributed by atoms with Crippen molar-refractivity contribution in [3.05, 3.63) is 57.4 Å². The summed E-state index contributed by atoms with van der Waals surface area (Å²) in [7, 11) is 1.33. The van der Waals surface area contributed by atoms with Crippen molar-refractivity contribution in [3.8, 4) is 0 Å². The van der Waals surface area contributed by atoms with E-state index in [4.69, 9.17) is 4.74 Å². The van der Waals surface area contributed by atoms with Crippen LogP contribution in [0.2, 0.25) is 0 Å². The molecular weight excluding hydrogens is 348 g/mol. The number of H-pyrrole nitrogens is 1. The highest BCUT2D eigenvalue weighted by atomic mass is 32.1. The number of aromatic amines is 1. The van der Waals surface area contributed by atoms with Crippen LogP contribution < -0.4 is 5.32 Å². The van der Waals surface area contributed by atoms with E-state index in [1.54, 1.807) is 0 Å². The summed E-state index contributed by atoms with van der Waals surface area (Å²) in [6.45, 7) is 4.06. The SMILES string of the molecule is CCc1sc(C(=O)N[C@H](Cc2c[nH]c3ccccc23)C(=O)OC)cc1C. The molecule has 0 aliphatic heterocycles. The number of rotatable bonds is 6. The van der Waals surface area contributed by atoms with Gasteiger partial charge in [-0.25, -0.2) is 4.79 Å². The van der Waals surface area contributed by atoms with Gasteiger partial charge in [-0.05, 0) is 36.6 Å². The molecule has 1 atom stereocenters. The zero-order valence-corrected chi connectivity index (χ0v) is 15.9. The average Bonchev–Trinajstić information content (AvgIpc) is 3.24. The molecule has 0 radical (unpaired) electrons. The van der Waals surface area contributed by atoms with Gasteiger partial charge in [0.1, 0.15) is 6.04 Å². The van der Waals surface area contributed by atoms with Gasteiger partial charge in [-0.1, -0.05) is 25.1 Å². The number of aromatic nitrogens is 1. The minimum atomic E-state index is -0.737. The van der Waals surface area contributed by atoms with Crippen LogP contribution in [0.4, 0.5) is 0 Å². The second-order valence-electron chi connectivity index (χ2n) is 6.18. The zero-order valence-electron chi connectivity index (χ0n) is 15.1. The van der Waals surface area contributed by atoms with Crippen molar-refractivity contribution >= 4 is 34.1 Å². The zero-order chi connectivity index (χ0) is 18.7. The first kappa shape index (κ1) is 18.2. The van der Waals surface area contributed by atoms with E-state index in [1.165, 1.54) is 23.3 Å². The summed E-state index contributed by atoms with van der Waals surface area (Å²) in [5, 5.41) is 3.87. The molecule has 2 N–H and O–H groups in total. The van der Waals surface area contributed by atoms with E-state index in [0.717, 1.165) is 28.5 Å². The molecule has 0 unspecified atom stereocenters. The summed E-state index contributed by atoms with van der Waals surface area (Å²) >= 11 is 1.47. The van der Waals surface area contributed by atoms with Crippen LogP contribution in [0.25, 0.3) is 10.9 Å². The number of fused-ring (bicyclic) bond motifs is 1. The third-order valence-electron chi connectivity index (χ3n) is 4.46. The molecule has 3 rings (SSSR count). The first-order valence-electron chi connectivity index (χ1n) is 8.56. The Balaban J connectivity index is 1.82. The molecule has 1 aromatic carbocycles. The number of amides is 1. The van der Waals surface area contributed by atoms with E-state index in [-0.39, 0.29) is 5.91 Å². The Kier molecular flexibility index (Phi) is 5.42. The summed E-state index contributed by atoms with van der Waals surface area (Å²) in [5.41, 5.74) is 3.07. The molecule has 6 heteroatoms. The van der Waals surface area contributed by atoms with Gasteiger partial charge in [-0.2, -0.15) is 0 Å². The summed E-state index contributed by atoms with van der Waals surface area (Å²) in [5.74, 6) is -0.694. The maximum absolute atomic E-state index is 12.6. The third kappa shape index (κ3) is 3.65. The second kappa shape index (κ2) is 7.74. The quantitative estimate of drug-likeness (QED) is 0.651. The largest absolute Gasteiger partial charge is 0.467 e. The summed E-state index contributed by atoms with van der Waals surface area (Å²) < 4.78 is 4.90. The Morgan fingerprint density at radius 1 is 1.31 bits per heavy atom. The minimum Gasteiger partial charge on any atom is -0.467 e. The topological polar surface area (TPSA) is 71.2 Å². The Hall–Kier alpha value is -2.60. The second-order valence-corrected chi connectivity index (χ2v) is 7.32. The molecular formula is C20H22N2O3S. The van der Waals surface area contributed by atoms with Crippen LogP contribution in [0.3, 0.4) is 0 Å². The third-order valence-corrected chi connectivity index (χ3v) is 5.84. The summed E-state index contributed by atoms with van der Waals surface area (Å²) in [6.07, 6.45) is 3.13. The first-order valence-corrected chi connectivity index (χ1v) is 9.38. The monoisotopic (exact) mass is 370 g/mol. The van der Waals surface area contributed by atoms with Crippen molar-refractivity contribution in [2.24, 2.45) is 0 Å². The molecule has 0 spiro atoms. The summed E-state index contributed by atoms with van der Waals surface area (Å²) in [4.78, 5) is 29.8. The number of aryl methyl sites for hydroxylation is 2. The lowest BCUT2D eigenvalue weighted by molar-refractivity contribution is -0.142. The molecule has 3 aromatic rings. The van der Waals surface area contributed by atoms with Gasteiger partial charge in [0.15, 0.2) is 0 Å². The van der Waals surface area contributed by atoms with Crippen molar-refractivity contribution in [2.75, 3.05) is 7.11 Å². The highest BCUT2D eigenvalue weighted by Crippen LogP contribution is 2.23. The minimum absolute atomic E-state index is 0.243. The van der Waals surface area contributed by atoms with Crippen LogP contribution in [0.1, 0.15) is 32.6 Å². The Morgan fingerprint density at radius 2 is 2.08 bits per heavy atom. The highest BCUT2D eigenvalue weighted by molar-refractivity contribution is 7.14. The molecule has 26 heavy (non-hydrogen) atoms. The van der Waals surface area contributed by atoms with Crippen molar-refractivity contribution < 1.29 is 14.3 Å². The lowest BCUT2D eigenvalue weighted by atomic mass is 10.0. The number of esters is 1. The first-order chi connectivity index (χ1) is 12.5. The fourth-order valence-corrected chi connectivity index (χ4v) is 4.09. The number of methoxy groups -OCH3 is 1.